The van der Waals surface area contributed by atoms with Crippen molar-refractivity contribution >= 4 is 38.4 Å². The molecule has 0 aliphatic carbocycles. The van der Waals surface area contributed by atoms with E-state index >= 15 is 0 Å². The number of benzene rings is 1. The number of rotatable bonds is 12. The summed E-state index contributed by atoms with van der Waals surface area (Å²) in [5.41, 5.74) is 2.40. The van der Waals surface area contributed by atoms with E-state index < -0.39 is 0 Å². The van der Waals surface area contributed by atoms with Gasteiger partial charge in [0.2, 0.25) is 0 Å². The smallest absolute Gasteiger partial charge is 0.272 e. The summed E-state index contributed by atoms with van der Waals surface area (Å²) < 4.78 is 3.61. The third-order valence-corrected chi connectivity index (χ3v) is 9.16. The van der Waals surface area contributed by atoms with Gasteiger partial charge in [-0.1, -0.05) is 52.3 Å². The molecule has 1 saturated heterocycles. The van der Waals surface area contributed by atoms with E-state index in [-0.39, 0.29) is 5.91 Å². The lowest BCUT2D eigenvalue weighted by molar-refractivity contribution is 0.0735. The van der Waals surface area contributed by atoms with E-state index in [1.165, 1.54) is 47.3 Å². The number of fused-ring (bicyclic) bond motifs is 2. The van der Waals surface area contributed by atoms with Gasteiger partial charge in [-0.05, 0) is 87.2 Å². The summed E-state index contributed by atoms with van der Waals surface area (Å²) in [6, 6.07) is 12.8. The molecular weight excluding hydrogens is 514 g/mol. The van der Waals surface area contributed by atoms with Crippen LogP contribution < -0.4 is 0 Å². The van der Waals surface area contributed by atoms with Crippen molar-refractivity contribution in [3.05, 3.63) is 48.3 Å². The maximum Gasteiger partial charge on any atom is 0.272 e. The van der Waals surface area contributed by atoms with Crippen molar-refractivity contribution in [2.75, 3.05) is 32.7 Å². The molecule has 4 heterocycles. The zero-order valence-corrected chi connectivity index (χ0v) is 25.6. The number of imidazole rings is 1. The van der Waals surface area contributed by atoms with Crippen molar-refractivity contribution in [2.24, 2.45) is 11.8 Å². The molecule has 1 fully saturated rings. The number of carbonyl (C=O) groups excluding carboxylic acids is 1. The lowest BCUT2D eigenvalue weighted by Gasteiger charge is -2.26. The van der Waals surface area contributed by atoms with Gasteiger partial charge in [0.1, 0.15) is 11.2 Å². The largest absolute Gasteiger partial charge is 0.337 e. The van der Waals surface area contributed by atoms with Crippen molar-refractivity contribution in [1.82, 2.24) is 24.3 Å². The lowest BCUT2D eigenvalue weighted by Crippen LogP contribution is -2.34. The predicted octanol–water partition coefficient (Wildman–Crippen LogP) is 7.72. The van der Waals surface area contributed by atoms with Gasteiger partial charge in [-0.3, -0.25) is 4.79 Å². The fourth-order valence-electron chi connectivity index (χ4n) is 5.59. The number of hydrogen-bond donors (Lipinski definition) is 0. The van der Waals surface area contributed by atoms with Crippen molar-refractivity contribution in [2.45, 2.75) is 72.8 Å². The average Bonchev–Trinajstić information content (AvgIpc) is 3.54. The predicted molar refractivity (Wildman–Crippen MR) is 168 cm³/mol. The molecule has 1 aliphatic rings. The minimum absolute atomic E-state index is 0.0349. The van der Waals surface area contributed by atoms with Crippen LogP contribution >= 0.6 is 11.3 Å². The first-order valence-corrected chi connectivity index (χ1v) is 16.1. The Balaban J connectivity index is 1.47. The van der Waals surface area contributed by atoms with E-state index in [1.807, 2.05) is 17.2 Å². The molecule has 0 bridgehead atoms. The van der Waals surface area contributed by atoms with Crippen LogP contribution in [0.5, 0.6) is 0 Å². The number of thiophene rings is 1. The minimum atomic E-state index is 0.0349. The molecular formula is C33H45N5OS. The monoisotopic (exact) mass is 559 g/mol. The zero-order chi connectivity index (χ0) is 28.1. The Labute approximate surface area is 243 Å². The van der Waals surface area contributed by atoms with Gasteiger partial charge < -0.3 is 14.4 Å². The molecule has 0 radical (unpaired) electrons. The summed E-state index contributed by atoms with van der Waals surface area (Å²) in [7, 11) is 0. The third-order valence-electron chi connectivity index (χ3n) is 8.04. The summed E-state index contributed by atoms with van der Waals surface area (Å²) in [4.78, 5) is 29.3. The molecule has 0 spiro atoms. The highest BCUT2D eigenvalue weighted by atomic mass is 32.1. The Morgan fingerprint density at radius 2 is 1.70 bits per heavy atom. The molecule has 5 rings (SSSR count). The van der Waals surface area contributed by atoms with Crippen LogP contribution in [0.2, 0.25) is 0 Å². The molecule has 3 aromatic heterocycles. The Morgan fingerprint density at radius 1 is 0.975 bits per heavy atom. The highest BCUT2D eigenvalue weighted by molar-refractivity contribution is 7.22. The molecule has 0 unspecified atom stereocenters. The summed E-state index contributed by atoms with van der Waals surface area (Å²) in [6.45, 7) is 14.8. The second kappa shape index (κ2) is 13.3. The van der Waals surface area contributed by atoms with E-state index in [0.29, 0.717) is 17.5 Å². The fraction of sp³-hybridized carbons (Fsp3) is 0.545. The minimum Gasteiger partial charge on any atom is -0.337 e. The summed E-state index contributed by atoms with van der Waals surface area (Å²) in [5.74, 6) is 2.12. The SMILES string of the molecule is CC(C)CCN(CCC(C)C)C(=O)c1cc2c(cn1)nc(-c1cc3ccccc3s1)n2CCCN1CCCCC1. The molecule has 0 atom stereocenters. The Hall–Kier alpha value is -2.77. The lowest BCUT2D eigenvalue weighted by atomic mass is 10.1. The topological polar surface area (TPSA) is 54.3 Å². The average molecular weight is 560 g/mol. The molecule has 1 amide bonds. The number of amides is 1. The first kappa shape index (κ1) is 28.7. The third kappa shape index (κ3) is 6.92. The van der Waals surface area contributed by atoms with Crippen molar-refractivity contribution < 1.29 is 4.79 Å². The number of piperidine rings is 1. The van der Waals surface area contributed by atoms with Gasteiger partial charge in [0.15, 0.2) is 5.82 Å². The van der Waals surface area contributed by atoms with Crippen LogP contribution in [0.1, 0.15) is 76.7 Å². The van der Waals surface area contributed by atoms with Gasteiger partial charge in [-0.25, -0.2) is 9.97 Å². The van der Waals surface area contributed by atoms with Crippen molar-refractivity contribution in [1.29, 1.82) is 0 Å². The van der Waals surface area contributed by atoms with Crippen LogP contribution in [-0.4, -0.2) is 63.0 Å². The standard InChI is InChI=1S/C33H45N5OS/c1-24(2)13-19-37(20-14-25(3)4)33(39)27-22-29-28(23-34-27)35-32(31-21-26-11-6-7-12-30(26)40-31)38(29)18-10-17-36-15-8-5-9-16-36/h6-7,11-12,21-25H,5,8-10,13-20H2,1-4H3. The first-order valence-electron chi connectivity index (χ1n) is 15.3. The van der Waals surface area contributed by atoms with Gasteiger partial charge in [-0.2, -0.15) is 0 Å². The molecule has 6 nitrogen and oxygen atoms in total. The van der Waals surface area contributed by atoms with Crippen molar-refractivity contribution in [3.63, 3.8) is 0 Å². The summed E-state index contributed by atoms with van der Waals surface area (Å²) >= 11 is 1.79. The molecule has 7 heteroatoms. The summed E-state index contributed by atoms with van der Waals surface area (Å²) in [5, 5.41) is 1.24. The highest BCUT2D eigenvalue weighted by Crippen LogP contribution is 2.35. The van der Waals surface area contributed by atoms with Gasteiger partial charge in [0, 0.05) is 24.3 Å². The molecule has 0 N–H and O–H groups in total. The van der Waals surface area contributed by atoms with E-state index in [2.05, 4.69) is 72.5 Å². The maximum absolute atomic E-state index is 13.8. The number of aromatic nitrogens is 3. The van der Waals surface area contributed by atoms with Crippen LogP contribution in [0, 0.1) is 11.8 Å². The molecule has 4 aromatic rings. The van der Waals surface area contributed by atoms with Crippen LogP contribution in [0.15, 0.2) is 42.6 Å². The number of aryl methyl sites for hydroxylation is 1. The van der Waals surface area contributed by atoms with Gasteiger partial charge in [-0.15, -0.1) is 11.3 Å². The quantitative estimate of drug-likeness (QED) is 0.178. The molecule has 0 saturated carbocycles. The number of pyridine rings is 1. The van der Waals surface area contributed by atoms with Crippen LogP contribution in [0.25, 0.3) is 31.8 Å². The Kier molecular flexibility index (Phi) is 9.53. The molecule has 1 aromatic carbocycles. The van der Waals surface area contributed by atoms with Gasteiger partial charge in [0.25, 0.3) is 5.91 Å². The number of hydrogen-bond acceptors (Lipinski definition) is 5. The Bertz CT molecular complexity index is 1370. The van der Waals surface area contributed by atoms with E-state index in [1.54, 1.807) is 11.3 Å². The second-order valence-corrected chi connectivity index (χ2v) is 13.3. The number of likely N-dealkylation sites (tertiary alicyclic amines) is 1. The maximum atomic E-state index is 13.8. The van der Waals surface area contributed by atoms with Crippen LogP contribution in [0.4, 0.5) is 0 Å². The van der Waals surface area contributed by atoms with Crippen molar-refractivity contribution in [3.8, 4) is 10.7 Å². The summed E-state index contributed by atoms with van der Waals surface area (Å²) in [6.07, 6.45) is 8.83. The Morgan fingerprint density at radius 3 is 2.40 bits per heavy atom. The van der Waals surface area contributed by atoms with Gasteiger partial charge in [0.05, 0.1) is 16.6 Å². The molecule has 40 heavy (non-hydrogen) atoms. The normalized spacial score (nSPS) is 14.7. The first-order chi connectivity index (χ1) is 19.4. The number of nitrogens with zero attached hydrogens (tertiary/aromatic N) is 5. The second-order valence-electron chi connectivity index (χ2n) is 12.2. The highest BCUT2D eigenvalue weighted by Gasteiger charge is 2.22. The van der Waals surface area contributed by atoms with Crippen LogP contribution in [0.3, 0.4) is 0 Å². The van der Waals surface area contributed by atoms with Gasteiger partial charge >= 0.3 is 0 Å². The van der Waals surface area contributed by atoms with E-state index in [4.69, 9.17) is 4.98 Å². The van der Waals surface area contributed by atoms with E-state index in [9.17, 15) is 4.79 Å². The van der Waals surface area contributed by atoms with E-state index in [0.717, 1.165) is 62.3 Å². The zero-order valence-electron chi connectivity index (χ0n) is 24.7. The fourth-order valence-corrected chi connectivity index (χ4v) is 6.65. The molecule has 214 valence electrons. The molecule has 1 aliphatic heterocycles. The number of carbonyl (C=O) groups is 1. The van der Waals surface area contributed by atoms with Crippen LogP contribution in [-0.2, 0) is 6.54 Å².